The first-order valence-corrected chi connectivity index (χ1v) is 3.65. The van der Waals surface area contributed by atoms with E-state index in [0.29, 0.717) is 0 Å². The third-order valence-electron chi connectivity index (χ3n) is 0.614. The number of aliphatic hydroxyl groups excluding tert-OH is 3. The molecule has 90 valence electrons. The number of hydrogen-bond acceptors (Lipinski definition) is 5. The Morgan fingerprint density at radius 2 is 1.47 bits per heavy atom. The second-order valence-electron chi connectivity index (χ2n) is 1.77. The zero-order valence-corrected chi connectivity index (χ0v) is 8.11. The molecule has 0 rings (SSSR count). The molecule has 0 aliphatic carbocycles. The van der Waals surface area contributed by atoms with E-state index in [1.807, 2.05) is 0 Å². The molecule has 0 aromatic heterocycles. The summed E-state index contributed by atoms with van der Waals surface area (Å²) in [5.41, 5.74) is 0. The first-order valence-electron chi connectivity index (χ1n) is 3.65. The molecule has 7 nitrogen and oxygen atoms in total. The highest BCUT2D eigenvalue weighted by Gasteiger charge is 1.93. The van der Waals surface area contributed by atoms with Gasteiger partial charge >= 0.3 is 6.16 Å². The summed E-state index contributed by atoms with van der Waals surface area (Å²) in [7, 11) is 0. The molecule has 0 unspecified atom stereocenters. The van der Waals surface area contributed by atoms with Gasteiger partial charge in [0.2, 0.25) is 0 Å². The van der Waals surface area contributed by atoms with Gasteiger partial charge < -0.3 is 30.3 Å². The predicted octanol–water partition coefficient (Wildman–Crippen LogP) is -0.156. The number of hydrogen-bond donors (Lipinski definition) is 5. The Bertz CT molecular complexity index is 143. The molecule has 0 amide bonds. The van der Waals surface area contributed by atoms with Gasteiger partial charge in [-0.3, -0.25) is 0 Å². The van der Waals surface area contributed by atoms with E-state index < -0.39 is 12.3 Å². The van der Waals surface area contributed by atoms with Crippen LogP contribution in [0.2, 0.25) is 0 Å². The average molecular weight is 224 g/mol. The van der Waals surface area contributed by atoms with Crippen LogP contribution in [0.15, 0.2) is 25.7 Å². The molecule has 0 aliphatic rings. The van der Waals surface area contributed by atoms with Gasteiger partial charge in [-0.1, -0.05) is 13.2 Å². The first-order chi connectivity index (χ1) is 6.95. The topological polar surface area (TPSA) is 127 Å². The number of carboxylic acid groups (broad SMARTS) is 2. The summed E-state index contributed by atoms with van der Waals surface area (Å²) in [6.45, 7) is 5.78. The van der Waals surface area contributed by atoms with Crippen LogP contribution in [0.1, 0.15) is 0 Å². The molecule has 0 bridgehead atoms. The fraction of sp³-hybridized carbons (Fsp3) is 0.375. The highest BCUT2D eigenvalue weighted by molar-refractivity contribution is 5.53. The lowest BCUT2D eigenvalue weighted by Crippen LogP contribution is -2.15. The van der Waals surface area contributed by atoms with E-state index in [1.54, 1.807) is 0 Å². The molecule has 0 spiro atoms. The van der Waals surface area contributed by atoms with Crippen molar-refractivity contribution >= 4 is 6.16 Å². The van der Waals surface area contributed by atoms with E-state index >= 15 is 0 Å². The van der Waals surface area contributed by atoms with E-state index in [-0.39, 0.29) is 13.2 Å². The molecule has 15 heavy (non-hydrogen) atoms. The smallest absolute Gasteiger partial charge is 0.474 e. The fourth-order valence-corrected chi connectivity index (χ4v) is 0.126. The van der Waals surface area contributed by atoms with E-state index in [4.69, 9.17) is 30.3 Å². The second-order valence-corrected chi connectivity index (χ2v) is 1.77. The van der Waals surface area contributed by atoms with E-state index in [1.165, 1.54) is 12.5 Å². The minimum atomic E-state index is -1.83. The molecule has 0 saturated heterocycles. The van der Waals surface area contributed by atoms with Crippen molar-refractivity contribution in [2.45, 2.75) is 6.10 Å². The molecule has 0 saturated carbocycles. The third-order valence-corrected chi connectivity index (χ3v) is 0.614. The molecule has 0 aromatic rings. The maximum atomic E-state index is 8.56. The van der Waals surface area contributed by atoms with Crippen LogP contribution in [0.5, 0.6) is 0 Å². The Balaban J connectivity index is -0.000000147. The number of rotatable bonds is 4. The van der Waals surface area contributed by atoms with Gasteiger partial charge in [0.1, 0.15) is 6.10 Å². The van der Waals surface area contributed by atoms with Gasteiger partial charge in [0, 0.05) is 0 Å². The van der Waals surface area contributed by atoms with Crippen LogP contribution in [-0.2, 0) is 4.74 Å². The van der Waals surface area contributed by atoms with E-state index in [2.05, 4.69) is 17.9 Å². The Hall–Kier alpha value is -1.57. The zero-order chi connectivity index (χ0) is 12.7. The minimum absolute atomic E-state index is 0.365. The summed E-state index contributed by atoms with van der Waals surface area (Å²) in [5.74, 6) is 0. The van der Waals surface area contributed by atoms with Crippen LogP contribution in [0.25, 0.3) is 0 Å². The van der Waals surface area contributed by atoms with Crippen LogP contribution in [0.4, 0.5) is 4.79 Å². The molecular weight excluding hydrogens is 208 g/mol. The summed E-state index contributed by atoms with van der Waals surface area (Å²) in [6.07, 6.45) is -0.162. The van der Waals surface area contributed by atoms with Gasteiger partial charge in [-0.05, 0) is 0 Å². The van der Waals surface area contributed by atoms with Crippen LogP contribution in [-0.4, -0.2) is 51.0 Å². The molecule has 5 N–H and O–H groups in total. The Morgan fingerprint density at radius 1 is 1.20 bits per heavy atom. The second kappa shape index (κ2) is 18.3. The van der Waals surface area contributed by atoms with Crippen molar-refractivity contribution in [1.29, 1.82) is 0 Å². The van der Waals surface area contributed by atoms with Crippen LogP contribution < -0.4 is 0 Å². The van der Waals surface area contributed by atoms with Gasteiger partial charge in [-0.2, -0.15) is 0 Å². The highest BCUT2D eigenvalue weighted by atomic mass is 16.6. The Morgan fingerprint density at radius 3 is 1.47 bits per heavy atom. The largest absolute Gasteiger partial charge is 0.503 e. The minimum Gasteiger partial charge on any atom is -0.474 e. The summed E-state index contributed by atoms with van der Waals surface area (Å²) in [6, 6.07) is 0. The molecule has 0 aromatic carbocycles. The van der Waals surface area contributed by atoms with Crippen LogP contribution in [0, 0.1) is 0 Å². The first kappa shape index (κ1) is 19.1. The molecule has 0 radical (unpaired) electrons. The maximum Gasteiger partial charge on any atom is 0.503 e. The Kier molecular flexibility index (Phi) is 23.2. The summed E-state index contributed by atoms with van der Waals surface area (Å²) in [4.78, 5) is 8.56. The molecule has 7 heteroatoms. The molecule has 0 fully saturated rings. The standard InChI is InChI=1S/C4H6O.C3H8O3.CH2O3/c1-3-5-4-2;4-1-3(6)2-5;2-1(3)4/h3-4H,1-2H2;3-6H,1-2H2;(H2,2,3,4). The lowest BCUT2D eigenvalue weighted by atomic mass is 10.4. The molecule has 0 heterocycles. The lowest BCUT2D eigenvalue weighted by Gasteiger charge is -1.96. The van der Waals surface area contributed by atoms with Crippen molar-refractivity contribution in [1.82, 2.24) is 0 Å². The third kappa shape index (κ3) is 68.9. The van der Waals surface area contributed by atoms with Crippen molar-refractivity contribution in [2.75, 3.05) is 13.2 Å². The number of carbonyl (C=O) groups is 1. The van der Waals surface area contributed by atoms with E-state index in [0.717, 1.165) is 0 Å². The number of aliphatic hydroxyl groups is 3. The highest BCUT2D eigenvalue weighted by Crippen LogP contribution is 1.71. The van der Waals surface area contributed by atoms with Crippen molar-refractivity contribution in [3.8, 4) is 0 Å². The van der Waals surface area contributed by atoms with Crippen molar-refractivity contribution < 1.29 is 35.1 Å². The summed E-state index contributed by atoms with van der Waals surface area (Å²) >= 11 is 0. The normalized spacial score (nSPS) is 7.47. The predicted molar refractivity (Wildman–Crippen MR) is 52.3 cm³/mol. The summed E-state index contributed by atoms with van der Waals surface area (Å²) < 4.78 is 4.36. The zero-order valence-electron chi connectivity index (χ0n) is 8.11. The maximum absolute atomic E-state index is 8.56. The SMILES string of the molecule is C=COC=C.O=C(O)O.OCC(O)CO. The van der Waals surface area contributed by atoms with Crippen LogP contribution in [0.3, 0.4) is 0 Å². The quantitative estimate of drug-likeness (QED) is 0.420. The number of ether oxygens (including phenoxy) is 1. The Labute approximate surface area is 87.2 Å². The van der Waals surface area contributed by atoms with Crippen molar-refractivity contribution in [3.05, 3.63) is 25.7 Å². The van der Waals surface area contributed by atoms with Gasteiger partial charge in [-0.15, -0.1) is 0 Å². The van der Waals surface area contributed by atoms with Gasteiger partial charge in [0.05, 0.1) is 25.7 Å². The van der Waals surface area contributed by atoms with E-state index in [9.17, 15) is 0 Å². The lowest BCUT2D eigenvalue weighted by molar-refractivity contribution is 0.0450. The van der Waals surface area contributed by atoms with Crippen molar-refractivity contribution in [2.24, 2.45) is 0 Å². The summed E-state index contributed by atoms with van der Waals surface area (Å²) in [5, 5.41) is 38.0. The monoisotopic (exact) mass is 224 g/mol. The van der Waals surface area contributed by atoms with Gasteiger partial charge in [-0.25, -0.2) is 4.79 Å². The van der Waals surface area contributed by atoms with Crippen molar-refractivity contribution in [3.63, 3.8) is 0 Å². The van der Waals surface area contributed by atoms with Crippen LogP contribution >= 0.6 is 0 Å². The average Bonchev–Trinajstić information content (AvgIpc) is 2.18. The fourth-order valence-electron chi connectivity index (χ4n) is 0.126. The van der Waals surface area contributed by atoms with Gasteiger partial charge in [0.25, 0.3) is 0 Å². The molecule has 0 atom stereocenters. The molecular formula is C8H16O7. The van der Waals surface area contributed by atoms with Gasteiger partial charge in [0.15, 0.2) is 0 Å². The molecule has 0 aliphatic heterocycles.